The van der Waals surface area contributed by atoms with E-state index in [0.717, 1.165) is 5.69 Å². The maximum absolute atomic E-state index is 13.3. The Kier molecular flexibility index (Phi) is 6.46. The number of hydrogen-bond donors (Lipinski definition) is 4. The number of methoxy groups -OCH3 is 1. The molecule has 37 heavy (non-hydrogen) atoms. The molecule has 0 fully saturated rings. The Morgan fingerprint density at radius 3 is 2.70 bits per heavy atom. The number of nitrogens with one attached hydrogen (secondary N) is 4. The summed E-state index contributed by atoms with van der Waals surface area (Å²) in [4.78, 5) is 32.7. The topological polar surface area (TPSA) is 162 Å². The number of H-pyrrole nitrogens is 2. The Hall–Kier alpha value is -4.49. The van der Waals surface area contributed by atoms with Crippen molar-refractivity contribution in [2.45, 2.75) is 17.9 Å². The molecule has 12 nitrogen and oxygen atoms in total. The lowest BCUT2D eigenvalue weighted by molar-refractivity contribution is 0.102. The molecule has 0 aliphatic carbocycles. The molecule has 0 radical (unpaired) electrons. The van der Waals surface area contributed by atoms with Crippen molar-refractivity contribution in [3.63, 3.8) is 0 Å². The monoisotopic (exact) mass is 521 g/mol. The number of rotatable bonds is 7. The van der Waals surface area contributed by atoms with Gasteiger partial charge >= 0.3 is 0 Å². The van der Waals surface area contributed by atoms with Gasteiger partial charge in [-0.1, -0.05) is 0 Å². The summed E-state index contributed by atoms with van der Waals surface area (Å²) >= 11 is 0. The summed E-state index contributed by atoms with van der Waals surface area (Å²) in [7, 11) is -2.30. The molecular weight excluding hydrogens is 498 g/mol. The van der Waals surface area contributed by atoms with Gasteiger partial charge in [0.05, 0.1) is 18.4 Å². The first kappa shape index (κ1) is 24.2. The standard InChI is InChI=1S/C24H23N7O5S/c1-36-15-6-7-17(21(12-15)27-24(33)20-5-3-10-26-20)23(32)28-22-18-14-31(11-8-19(18)29-30-22)37(34,35)16-4-2-9-25-13-16/h2-7,9-10,12-13,26H,8,11,14H2,1H3,(H,27,33)(H2,28,29,30,32). The molecule has 4 N–H and O–H groups in total. The van der Waals surface area contributed by atoms with E-state index in [1.807, 2.05) is 0 Å². The third-order valence-corrected chi connectivity index (χ3v) is 7.79. The van der Waals surface area contributed by atoms with Gasteiger partial charge in [-0.25, -0.2) is 8.42 Å². The summed E-state index contributed by atoms with van der Waals surface area (Å²) in [5.74, 6) is -0.304. The largest absolute Gasteiger partial charge is 0.497 e. The average Bonchev–Trinajstić information content (AvgIpc) is 3.59. The predicted octanol–water partition coefficient (Wildman–Crippen LogP) is 2.39. The molecular formula is C24H23N7O5S. The number of sulfonamides is 1. The number of nitrogens with zero attached hydrogens (tertiary/aromatic N) is 3. The first-order chi connectivity index (χ1) is 17.9. The number of hydrogen-bond acceptors (Lipinski definition) is 7. The van der Waals surface area contributed by atoms with Crippen LogP contribution < -0.4 is 15.4 Å². The molecule has 190 valence electrons. The van der Waals surface area contributed by atoms with E-state index >= 15 is 0 Å². The molecule has 0 bridgehead atoms. The van der Waals surface area contributed by atoms with Crippen molar-refractivity contribution in [3.05, 3.63) is 83.6 Å². The molecule has 0 saturated carbocycles. The first-order valence-electron chi connectivity index (χ1n) is 11.3. The van der Waals surface area contributed by atoms with Crippen molar-refractivity contribution < 1.29 is 22.7 Å². The van der Waals surface area contributed by atoms with Crippen LogP contribution in [0.2, 0.25) is 0 Å². The van der Waals surface area contributed by atoms with E-state index in [1.165, 1.54) is 42.0 Å². The number of carbonyl (C=O) groups is 2. The van der Waals surface area contributed by atoms with Gasteiger partial charge in [0, 0.05) is 55.4 Å². The molecule has 0 spiro atoms. The second kappa shape index (κ2) is 9.87. The lowest BCUT2D eigenvalue weighted by Crippen LogP contribution is -2.36. The number of anilines is 2. The molecule has 4 aromatic rings. The minimum atomic E-state index is -3.78. The summed E-state index contributed by atoms with van der Waals surface area (Å²) in [6.45, 7) is 0.283. The lowest BCUT2D eigenvalue weighted by atomic mass is 10.1. The van der Waals surface area contributed by atoms with Gasteiger partial charge in [-0.15, -0.1) is 0 Å². The molecule has 1 aromatic carbocycles. The van der Waals surface area contributed by atoms with E-state index < -0.39 is 21.8 Å². The molecule has 4 heterocycles. The van der Waals surface area contributed by atoms with E-state index in [1.54, 1.807) is 30.5 Å². The average molecular weight is 522 g/mol. The number of aromatic nitrogens is 4. The van der Waals surface area contributed by atoms with Crippen molar-refractivity contribution in [3.8, 4) is 5.75 Å². The number of amides is 2. The lowest BCUT2D eigenvalue weighted by Gasteiger charge is -2.26. The molecule has 0 atom stereocenters. The van der Waals surface area contributed by atoms with Crippen molar-refractivity contribution in [1.29, 1.82) is 0 Å². The molecule has 0 unspecified atom stereocenters. The highest BCUT2D eigenvalue weighted by atomic mass is 32.2. The fourth-order valence-corrected chi connectivity index (χ4v) is 5.39. The van der Waals surface area contributed by atoms with Crippen molar-refractivity contribution in [1.82, 2.24) is 24.5 Å². The molecule has 13 heteroatoms. The Balaban J connectivity index is 1.39. The van der Waals surface area contributed by atoms with Crippen LogP contribution in [0.1, 0.15) is 32.1 Å². The Bertz CT molecular complexity index is 1550. The third-order valence-electron chi connectivity index (χ3n) is 5.96. The third kappa shape index (κ3) is 4.81. The van der Waals surface area contributed by atoms with Gasteiger partial charge in [0.2, 0.25) is 10.0 Å². The zero-order chi connectivity index (χ0) is 26.0. The maximum Gasteiger partial charge on any atom is 0.272 e. The number of ether oxygens (including phenoxy) is 1. The second-order valence-electron chi connectivity index (χ2n) is 8.21. The van der Waals surface area contributed by atoms with Crippen LogP contribution in [-0.2, 0) is 23.0 Å². The van der Waals surface area contributed by atoms with Crippen LogP contribution in [0, 0.1) is 0 Å². The quantitative estimate of drug-likeness (QED) is 0.290. The zero-order valence-electron chi connectivity index (χ0n) is 19.7. The highest BCUT2D eigenvalue weighted by molar-refractivity contribution is 7.89. The minimum Gasteiger partial charge on any atom is -0.497 e. The molecule has 1 aliphatic rings. The Labute approximate surface area is 212 Å². The van der Waals surface area contributed by atoms with E-state index in [0.29, 0.717) is 23.4 Å². The summed E-state index contributed by atoms with van der Waals surface area (Å²) < 4.78 is 32.8. The number of aromatic amines is 2. The van der Waals surface area contributed by atoms with Gasteiger partial charge < -0.3 is 20.4 Å². The Morgan fingerprint density at radius 2 is 1.97 bits per heavy atom. The van der Waals surface area contributed by atoms with Gasteiger partial charge in [0.25, 0.3) is 11.8 Å². The number of benzene rings is 1. The van der Waals surface area contributed by atoms with E-state index in [2.05, 4.69) is 30.8 Å². The number of fused-ring (bicyclic) bond motifs is 1. The predicted molar refractivity (Wildman–Crippen MR) is 134 cm³/mol. The number of pyridine rings is 1. The smallest absolute Gasteiger partial charge is 0.272 e. The first-order valence-corrected chi connectivity index (χ1v) is 12.7. The summed E-state index contributed by atoms with van der Waals surface area (Å²) in [6.07, 6.45) is 4.82. The fourth-order valence-electron chi connectivity index (χ4n) is 4.02. The molecule has 3 aromatic heterocycles. The van der Waals surface area contributed by atoms with Gasteiger partial charge in [-0.05, 0) is 36.4 Å². The van der Waals surface area contributed by atoms with Crippen LogP contribution in [0.5, 0.6) is 5.75 Å². The van der Waals surface area contributed by atoms with Crippen LogP contribution >= 0.6 is 0 Å². The van der Waals surface area contributed by atoms with Crippen LogP contribution in [0.4, 0.5) is 11.5 Å². The highest BCUT2D eigenvalue weighted by Crippen LogP contribution is 2.29. The second-order valence-corrected chi connectivity index (χ2v) is 10.1. The SMILES string of the molecule is COc1ccc(C(=O)Nc2n[nH]c3c2CN(S(=O)(=O)c2cccnc2)CC3)c(NC(=O)c2ccc[nH]2)c1. The van der Waals surface area contributed by atoms with E-state index in [-0.39, 0.29) is 35.1 Å². The summed E-state index contributed by atoms with van der Waals surface area (Å²) in [5, 5.41) is 12.6. The van der Waals surface area contributed by atoms with Crippen molar-refractivity contribution in [2.75, 3.05) is 24.3 Å². The molecule has 2 amide bonds. The summed E-state index contributed by atoms with van der Waals surface area (Å²) in [5.41, 5.74) is 2.04. The molecule has 0 saturated heterocycles. The van der Waals surface area contributed by atoms with E-state index in [4.69, 9.17) is 4.74 Å². The van der Waals surface area contributed by atoms with Crippen LogP contribution in [0.3, 0.4) is 0 Å². The highest BCUT2D eigenvalue weighted by Gasteiger charge is 2.32. The van der Waals surface area contributed by atoms with Crippen LogP contribution in [-0.4, -0.2) is 58.4 Å². The van der Waals surface area contributed by atoms with Gasteiger partial charge in [0.15, 0.2) is 5.82 Å². The maximum atomic E-state index is 13.3. The fraction of sp³-hybridized carbons (Fsp3) is 0.167. The number of carbonyl (C=O) groups excluding carboxylic acids is 2. The van der Waals surface area contributed by atoms with Gasteiger partial charge in [-0.3, -0.25) is 19.7 Å². The summed E-state index contributed by atoms with van der Waals surface area (Å²) in [6, 6.07) is 11.0. The van der Waals surface area contributed by atoms with Crippen molar-refractivity contribution >= 4 is 33.3 Å². The minimum absolute atomic E-state index is 0.0255. The zero-order valence-corrected chi connectivity index (χ0v) is 20.5. The Morgan fingerprint density at radius 1 is 1.11 bits per heavy atom. The van der Waals surface area contributed by atoms with Crippen molar-refractivity contribution in [2.24, 2.45) is 0 Å². The van der Waals surface area contributed by atoms with Crippen LogP contribution in [0.25, 0.3) is 0 Å². The van der Waals surface area contributed by atoms with Gasteiger partial charge in [-0.2, -0.15) is 9.40 Å². The normalized spacial score (nSPS) is 13.5. The van der Waals surface area contributed by atoms with Crippen LogP contribution in [0.15, 0.2) is 66.0 Å². The van der Waals surface area contributed by atoms with E-state index in [9.17, 15) is 18.0 Å². The molecule has 1 aliphatic heterocycles. The molecule has 5 rings (SSSR count). The van der Waals surface area contributed by atoms with Gasteiger partial charge in [0.1, 0.15) is 16.3 Å².